The molecule has 2 heterocycles. The summed E-state index contributed by atoms with van der Waals surface area (Å²) in [5, 5.41) is 0. The van der Waals surface area contributed by atoms with E-state index < -0.39 is 17.8 Å². The third kappa shape index (κ3) is 4.43. The van der Waals surface area contributed by atoms with Gasteiger partial charge in [0.2, 0.25) is 0 Å². The van der Waals surface area contributed by atoms with Gasteiger partial charge in [-0.1, -0.05) is 39.4 Å². The molecule has 0 saturated heterocycles. The fourth-order valence-electron chi connectivity index (χ4n) is 3.65. The van der Waals surface area contributed by atoms with Crippen LogP contribution in [0.3, 0.4) is 0 Å². The van der Waals surface area contributed by atoms with Crippen LogP contribution in [0.15, 0.2) is 68.0 Å². The lowest BCUT2D eigenvalue weighted by molar-refractivity contribution is -0.139. The van der Waals surface area contributed by atoms with Crippen molar-refractivity contribution in [3.63, 3.8) is 0 Å². The van der Waals surface area contributed by atoms with Gasteiger partial charge in [0.1, 0.15) is 11.6 Å². The Kier molecular flexibility index (Phi) is 6.62. The lowest BCUT2D eigenvalue weighted by atomic mass is 9.96. The molecule has 0 spiro atoms. The van der Waals surface area contributed by atoms with E-state index in [2.05, 4.69) is 20.9 Å². The zero-order valence-corrected chi connectivity index (χ0v) is 20.5. The summed E-state index contributed by atoms with van der Waals surface area (Å²) >= 11 is 4.72. The van der Waals surface area contributed by atoms with E-state index >= 15 is 0 Å². The van der Waals surface area contributed by atoms with Gasteiger partial charge in [-0.05, 0) is 61.4 Å². The van der Waals surface area contributed by atoms with Crippen molar-refractivity contribution >= 4 is 39.3 Å². The van der Waals surface area contributed by atoms with E-state index in [0.29, 0.717) is 26.3 Å². The molecule has 6 nitrogen and oxygen atoms in total. The number of aromatic nitrogens is 1. The molecule has 0 saturated carbocycles. The van der Waals surface area contributed by atoms with E-state index in [4.69, 9.17) is 9.47 Å². The molecule has 0 unspecified atom stereocenters. The number of fused-ring (bicyclic) bond motifs is 1. The van der Waals surface area contributed by atoms with E-state index in [1.807, 2.05) is 18.2 Å². The summed E-state index contributed by atoms with van der Waals surface area (Å²) in [6.07, 6.45) is 1.75. The summed E-state index contributed by atoms with van der Waals surface area (Å²) in [5.41, 5.74) is 1.75. The number of halogens is 2. The Hall–Kier alpha value is -3.04. The summed E-state index contributed by atoms with van der Waals surface area (Å²) in [6, 6.07) is 10.4. The van der Waals surface area contributed by atoms with E-state index in [-0.39, 0.29) is 17.7 Å². The average Bonchev–Trinajstić information content (AvgIpc) is 3.09. The predicted octanol–water partition coefficient (Wildman–Crippen LogP) is 3.71. The molecule has 0 aliphatic carbocycles. The van der Waals surface area contributed by atoms with Crippen molar-refractivity contribution in [1.29, 1.82) is 0 Å². The van der Waals surface area contributed by atoms with Crippen LogP contribution >= 0.6 is 27.3 Å². The Morgan fingerprint density at radius 3 is 2.67 bits per heavy atom. The second-order valence-corrected chi connectivity index (χ2v) is 9.10. The van der Waals surface area contributed by atoms with Crippen LogP contribution in [0.25, 0.3) is 6.08 Å². The number of thiazole rings is 1. The third-order valence-electron chi connectivity index (χ3n) is 5.19. The maximum Gasteiger partial charge on any atom is 0.338 e. The number of esters is 1. The average molecular weight is 531 g/mol. The first kappa shape index (κ1) is 23.1. The van der Waals surface area contributed by atoms with E-state index in [1.54, 1.807) is 39.2 Å². The SMILES string of the molecule is CCOC(=O)C1=C(C)N=c2s/c(=C\c3cc(OC)ccc3Br)c(=O)n2[C@@H]1c1ccc(F)cc1. The molecule has 9 heteroatoms. The fraction of sp³-hybridized carbons (Fsp3) is 0.208. The molecular formula is C24H20BrFN2O4S. The van der Waals surface area contributed by atoms with Crippen LogP contribution in [0.1, 0.15) is 31.0 Å². The van der Waals surface area contributed by atoms with Gasteiger partial charge in [0.15, 0.2) is 4.80 Å². The standard InChI is InChI=1S/C24H20BrFN2O4S/c1-4-32-23(30)20-13(2)27-24-28(21(20)14-5-7-16(26)8-6-14)22(29)19(33-24)12-15-11-17(31-3)9-10-18(15)25/h5-12,21H,4H2,1-3H3/b19-12-/t21-/m1/s1. The van der Waals surface area contributed by atoms with Gasteiger partial charge in [0.25, 0.3) is 5.56 Å². The number of carbonyl (C=O) groups is 1. The van der Waals surface area contributed by atoms with Gasteiger partial charge in [-0.25, -0.2) is 14.2 Å². The van der Waals surface area contributed by atoms with E-state index in [9.17, 15) is 14.0 Å². The zero-order chi connectivity index (χ0) is 23.7. The van der Waals surface area contributed by atoms with E-state index in [1.165, 1.54) is 28.0 Å². The summed E-state index contributed by atoms with van der Waals surface area (Å²) in [6.45, 7) is 3.60. The van der Waals surface area contributed by atoms with Crippen molar-refractivity contribution in [2.24, 2.45) is 4.99 Å². The minimum absolute atomic E-state index is 0.181. The molecule has 1 atom stereocenters. The number of carbonyl (C=O) groups excluding carboxylic acids is 1. The number of allylic oxidation sites excluding steroid dienone is 1. The topological polar surface area (TPSA) is 69.9 Å². The number of benzene rings is 2. The first-order chi connectivity index (χ1) is 15.8. The summed E-state index contributed by atoms with van der Waals surface area (Å²) < 4.78 is 26.9. The maximum atomic E-state index is 13.6. The summed E-state index contributed by atoms with van der Waals surface area (Å²) in [5.74, 6) is -0.313. The normalized spacial score (nSPS) is 15.8. The van der Waals surface area contributed by atoms with Gasteiger partial charge in [0, 0.05) is 4.47 Å². The second-order valence-electron chi connectivity index (χ2n) is 7.24. The smallest absolute Gasteiger partial charge is 0.338 e. The molecule has 4 rings (SSSR count). The second kappa shape index (κ2) is 9.44. The van der Waals surface area contributed by atoms with Crippen LogP contribution in [0.5, 0.6) is 5.75 Å². The van der Waals surface area contributed by atoms with Gasteiger partial charge in [-0.2, -0.15) is 0 Å². The van der Waals surface area contributed by atoms with Gasteiger partial charge in [-0.15, -0.1) is 0 Å². The number of ether oxygens (including phenoxy) is 2. The van der Waals surface area contributed by atoms with Crippen LogP contribution in [-0.2, 0) is 9.53 Å². The van der Waals surface area contributed by atoms with Crippen molar-refractivity contribution < 1.29 is 18.7 Å². The van der Waals surface area contributed by atoms with Gasteiger partial charge < -0.3 is 9.47 Å². The highest BCUT2D eigenvalue weighted by atomic mass is 79.9. The lowest BCUT2D eigenvalue weighted by Crippen LogP contribution is -2.39. The van der Waals surface area contributed by atoms with Crippen molar-refractivity contribution in [2.75, 3.05) is 13.7 Å². The largest absolute Gasteiger partial charge is 0.497 e. The quantitative estimate of drug-likeness (QED) is 0.471. The number of rotatable bonds is 5. The Balaban J connectivity index is 1.96. The molecule has 0 N–H and O–H groups in total. The monoisotopic (exact) mass is 530 g/mol. The predicted molar refractivity (Wildman–Crippen MR) is 127 cm³/mol. The van der Waals surface area contributed by atoms with Crippen LogP contribution in [0, 0.1) is 5.82 Å². The molecule has 0 bridgehead atoms. The van der Waals surface area contributed by atoms with Crippen molar-refractivity contribution in [2.45, 2.75) is 19.9 Å². The first-order valence-corrected chi connectivity index (χ1v) is 11.7. The fourth-order valence-corrected chi connectivity index (χ4v) is 5.05. The first-order valence-electron chi connectivity index (χ1n) is 10.1. The number of methoxy groups -OCH3 is 1. The molecule has 1 aliphatic rings. The molecule has 1 aromatic heterocycles. The zero-order valence-electron chi connectivity index (χ0n) is 18.1. The minimum Gasteiger partial charge on any atom is -0.497 e. The highest BCUT2D eigenvalue weighted by Crippen LogP contribution is 2.31. The molecular weight excluding hydrogens is 511 g/mol. The molecule has 0 amide bonds. The molecule has 170 valence electrons. The Labute approximate surface area is 201 Å². The molecule has 33 heavy (non-hydrogen) atoms. The Morgan fingerprint density at radius 2 is 2.00 bits per heavy atom. The van der Waals surface area contributed by atoms with Crippen LogP contribution < -0.4 is 19.6 Å². The highest BCUT2D eigenvalue weighted by molar-refractivity contribution is 9.10. The molecule has 0 fully saturated rings. The molecule has 3 aromatic rings. The highest BCUT2D eigenvalue weighted by Gasteiger charge is 2.33. The number of nitrogens with zero attached hydrogens (tertiary/aromatic N) is 2. The molecule has 1 aliphatic heterocycles. The van der Waals surface area contributed by atoms with Gasteiger partial charge in [0.05, 0.1) is 35.6 Å². The number of hydrogen-bond donors (Lipinski definition) is 0. The number of hydrogen-bond acceptors (Lipinski definition) is 6. The van der Waals surface area contributed by atoms with Crippen LogP contribution in [-0.4, -0.2) is 24.3 Å². The minimum atomic E-state index is -0.781. The molecule has 0 radical (unpaired) electrons. The summed E-state index contributed by atoms with van der Waals surface area (Å²) in [4.78, 5) is 31.4. The summed E-state index contributed by atoms with van der Waals surface area (Å²) in [7, 11) is 1.57. The lowest BCUT2D eigenvalue weighted by Gasteiger charge is -2.24. The van der Waals surface area contributed by atoms with Crippen LogP contribution in [0.2, 0.25) is 0 Å². The van der Waals surface area contributed by atoms with E-state index in [0.717, 1.165) is 10.0 Å². The van der Waals surface area contributed by atoms with Crippen LogP contribution in [0.4, 0.5) is 4.39 Å². The van der Waals surface area contributed by atoms with Crippen molar-refractivity contribution in [3.8, 4) is 5.75 Å². The third-order valence-corrected chi connectivity index (χ3v) is 6.90. The van der Waals surface area contributed by atoms with Crippen molar-refractivity contribution in [1.82, 2.24) is 4.57 Å². The Morgan fingerprint density at radius 1 is 1.27 bits per heavy atom. The van der Waals surface area contributed by atoms with Crippen molar-refractivity contribution in [3.05, 3.63) is 94.8 Å². The Bertz CT molecular complexity index is 1440. The maximum absolute atomic E-state index is 13.6. The van der Waals surface area contributed by atoms with Gasteiger partial charge in [-0.3, -0.25) is 9.36 Å². The molecule has 2 aromatic carbocycles. The van der Waals surface area contributed by atoms with Gasteiger partial charge >= 0.3 is 5.97 Å².